The minimum Gasteiger partial charge on any atom is -0.449 e. The zero-order valence-corrected chi connectivity index (χ0v) is 19.1. The number of carbonyl (C=O) groups is 1. The van der Waals surface area contributed by atoms with Crippen LogP contribution < -0.4 is 5.32 Å². The first kappa shape index (κ1) is 23.4. The van der Waals surface area contributed by atoms with Crippen LogP contribution in [-0.4, -0.2) is 45.5 Å². The fraction of sp³-hybridized carbons (Fsp3) is 0.185. The number of non-ortho nitro benzene ring substituents is 1. The summed E-state index contributed by atoms with van der Waals surface area (Å²) < 4.78 is 5.46. The highest BCUT2D eigenvalue weighted by Crippen LogP contribution is 2.44. The molecule has 0 spiro atoms. The SMILES string of the molecule is O=C(NCC(O)C(O)c1ccc([N+](=O)[O-])c2cnccc12)OCC1c2ccccc2-c2ccccc21. The summed E-state index contributed by atoms with van der Waals surface area (Å²) in [5, 5.41) is 35.7. The molecule has 3 aromatic carbocycles. The molecular formula is C27H23N3O6. The second kappa shape index (κ2) is 9.73. The lowest BCUT2D eigenvalue weighted by molar-refractivity contribution is -0.383. The first-order valence-corrected chi connectivity index (χ1v) is 11.4. The first-order chi connectivity index (χ1) is 17.5. The van der Waals surface area contributed by atoms with Crippen LogP contribution >= 0.6 is 0 Å². The number of nitrogens with one attached hydrogen (secondary N) is 1. The van der Waals surface area contributed by atoms with Crippen molar-refractivity contribution in [3.8, 4) is 11.1 Å². The van der Waals surface area contributed by atoms with E-state index in [-0.39, 0.29) is 30.1 Å². The van der Waals surface area contributed by atoms with E-state index in [2.05, 4.69) is 10.3 Å². The topological polar surface area (TPSA) is 135 Å². The van der Waals surface area contributed by atoms with Gasteiger partial charge in [0, 0.05) is 30.9 Å². The zero-order valence-electron chi connectivity index (χ0n) is 19.1. The van der Waals surface area contributed by atoms with Gasteiger partial charge in [0.15, 0.2) is 0 Å². The lowest BCUT2D eigenvalue weighted by atomic mass is 9.97. The quantitative estimate of drug-likeness (QED) is 0.265. The molecule has 0 fully saturated rings. The maximum Gasteiger partial charge on any atom is 0.407 e. The third-order valence-corrected chi connectivity index (χ3v) is 6.51. The Hall–Kier alpha value is -4.34. The number of alkyl carbamates (subject to hydrolysis) is 1. The Kier molecular flexibility index (Phi) is 6.32. The Balaban J connectivity index is 1.23. The molecule has 0 aliphatic heterocycles. The maximum absolute atomic E-state index is 12.4. The maximum atomic E-state index is 12.4. The molecule has 0 bridgehead atoms. The largest absolute Gasteiger partial charge is 0.449 e. The number of benzene rings is 3. The number of pyridine rings is 1. The van der Waals surface area contributed by atoms with E-state index >= 15 is 0 Å². The number of nitro benzene ring substituents is 1. The van der Waals surface area contributed by atoms with Crippen LogP contribution in [0.4, 0.5) is 10.5 Å². The monoisotopic (exact) mass is 485 g/mol. The normalized spacial score (nSPS) is 14.1. The van der Waals surface area contributed by atoms with Crippen molar-refractivity contribution in [3.05, 3.63) is 106 Å². The lowest BCUT2D eigenvalue weighted by Gasteiger charge is -2.20. The molecule has 5 rings (SSSR count). The highest BCUT2D eigenvalue weighted by molar-refractivity contribution is 5.92. The van der Waals surface area contributed by atoms with Gasteiger partial charge in [-0.05, 0) is 45.3 Å². The van der Waals surface area contributed by atoms with Gasteiger partial charge in [0.1, 0.15) is 18.8 Å². The van der Waals surface area contributed by atoms with Gasteiger partial charge in [-0.1, -0.05) is 48.5 Å². The summed E-state index contributed by atoms with van der Waals surface area (Å²) >= 11 is 0. The van der Waals surface area contributed by atoms with Crippen molar-refractivity contribution in [1.29, 1.82) is 0 Å². The third-order valence-electron chi connectivity index (χ3n) is 6.51. The van der Waals surface area contributed by atoms with E-state index in [1.165, 1.54) is 30.6 Å². The molecule has 2 atom stereocenters. The van der Waals surface area contributed by atoms with Crippen LogP contribution in [0.5, 0.6) is 0 Å². The van der Waals surface area contributed by atoms with E-state index in [9.17, 15) is 25.1 Å². The Labute approximate surface area is 206 Å². The number of nitrogens with zero attached hydrogens (tertiary/aromatic N) is 2. The van der Waals surface area contributed by atoms with E-state index in [0.29, 0.717) is 10.9 Å². The van der Waals surface area contributed by atoms with Crippen LogP contribution in [0.15, 0.2) is 79.1 Å². The van der Waals surface area contributed by atoms with E-state index in [1.807, 2.05) is 48.5 Å². The molecule has 0 radical (unpaired) electrons. The van der Waals surface area contributed by atoms with Crippen molar-refractivity contribution < 1.29 is 24.7 Å². The van der Waals surface area contributed by atoms with Crippen molar-refractivity contribution >= 4 is 22.6 Å². The lowest BCUT2D eigenvalue weighted by Crippen LogP contribution is -2.36. The molecule has 9 nitrogen and oxygen atoms in total. The van der Waals surface area contributed by atoms with Gasteiger partial charge in [0.05, 0.1) is 10.3 Å². The standard InChI is InChI=1S/C27H23N3O6/c31-25(26(32)21-9-10-24(30(34)35)22-13-28-12-11-20(21)22)14-29-27(33)36-15-23-18-7-3-1-5-16(18)17-6-2-4-8-19(17)23/h1-13,23,25-26,31-32H,14-15H2,(H,29,33). The molecule has 1 amide bonds. The predicted octanol–water partition coefficient (Wildman–Crippen LogP) is 4.08. The van der Waals surface area contributed by atoms with Gasteiger partial charge < -0.3 is 20.3 Å². The van der Waals surface area contributed by atoms with Crippen molar-refractivity contribution in [2.24, 2.45) is 0 Å². The van der Waals surface area contributed by atoms with E-state index in [1.54, 1.807) is 0 Å². The zero-order chi connectivity index (χ0) is 25.2. The highest BCUT2D eigenvalue weighted by Gasteiger charge is 2.29. The molecule has 1 aliphatic rings. The number of carbonyl (C=O) groups excluding carboxylic acids is 1. The summed E-state index contributed by atoms with van der Waals surface area (Å²) in [6.07, 6.45) is -0.706. The average Bonchev–Trinajstić information content (AvgIpc) is 3.23. The molecule has 0 saturated carbocycles. The minimum absolute atomic E-state index is 0.0984. The number of aromatic nitrogens is 1. The summed E-state index contributed by atoms with van der Waals surface area (Å²) in [6, 6.07) is 20.2. The minimum atomic E-state index is -1.40. The Bertz CT molecular complexity index is 1410. The number of rotatable bonds is 7. The van der Waals surface area contributed by atoms with Gasteiger partial charge in [-0.15, -0.1) is 0 Å². The van der Waals surface area contributed by atoms with Crippen molar-refractivity contribution in [2.45, 2.75) is 18.1 Å². The number of hydrogen-bond donors (Lipinski definition) is 3. The number of fused-ring (bicyclic) bond motifs is 4. The summed E-state index contributed by atoms with van der Waals surface area (Å²) in [6.45, 7) is -0.153. The van der Waals surface area contributed by atoms with Crippen LogP contribution in [-0.2, 0) is 4.74 Å². The molecular weight excluding hydrogens is 462 g/mol. The number of nitro groups is 1. The van der Waals surface area contributed by atoms with Gasteiger partial charge in [-0.2, -0.15) is 0 Å². The fourth-order valence-corrected chi connectivity index (χ4v) is 4.77. The summed E-state index contributed by atoms with van der Waals surface area (Å²) in [5.74, 6) is -0.0984. The number of ether oxygens (including phenoxy) is 1. The first-order valence-electron chi connectivity index (χ1n) is 11.4. The fourth-order valence-electron chi connectivity index (χ4n) is 4.77. The van der Waals surface area contributed by atoms with E-state index in [4.69, 9.17) is 4.74 Å². The molecule has 1 aliphatic carbocycles. The summed E-state index contributed by atoms with van der Waals surface area (Å²) in [4.78, 5) is 27.1. The second-order valence-electron chi connectivity index (χ2n) is 8.57. The molecule has 36 heavy (non-hydrogen) atoms. The predicted molar refractivity (Wildman–Crippen MR) is 132 cm³/mol. The molecule has 0 saturated heterocycles. The molecule has 4 aromatic rings. The summed E-state index contributed by atoms with van der Waals surface area (Å²) in [5.41, 5.74) is 4.54. The second-order valence-corrected chi connectivity index (χ2v) is 8.57. The van der Waals surface area contributed by atoms with Gasteiger partial charge in [-0.3, -0.25) is 15.1 Å². The van der Waals surface area contributed by atoms with Crippen molar-refractivity contribution in [1.82, 2.24) is 10.3 Å². The van der Waals surface area contributed by atoms with Crippen LogP contribution in [0.1, 0.15) is 28.7 Å². The summed E-state index contributed by atoms with van der Waals surface area (Å²) in [7, 11) is 0. The molecule has 1 heterocycles. The van der Waals surface area contributed by atoms with Crippen LogP contribution in [0, 0.1) is 10.1 Å². The number of amides is 1. The Morgan fingerprint density at radius 2 is 1.67 bits per heavy atom. The highest BCUT2D eigenvalue weighted by atomic mass is 16.6. The molecule has 1 aromatic heterocycles. The van der Waals surface area contributed by atoms with Gasteiger partial charge >= 0.3 is 6.09 Å². The molecule has 9 heteroatoms. The third kappa shape index (κ3) is 4.26. The number of hydrogen-bond acceptors (Lipinski definition) is 7. The van der Waals surface area contributed by atoms with Crippen LogP contribution in [0.25, 0.3) is 21.9 Å². The Morgan fingerprint density at radius 3 is 2.33 bits per heavy atom. The average molecular weight is 485 g/mol. The van der Waals surface area contributed by atoms with Crippen molar-refractivity contribution in [3.63, 3.8) is 0 Å². The molecule has 182 valence electrons. The van der Waals surface area contributed by atoms with Crippen LogP contribution in [0.2, 0.25) is 0 Å². The van der Waals surface area contributed by atoms with Gasteiger partial charge in [0.2, 0.25) is 0 Å². The smallest absolute Gasteiger partial charge is 0.407 e. The van der Waals surface area contributed by atoms with Gasteiger partial charge in [0.25, 0.3) is 5.69 Å². The molecule has 3 N–H and O–H groups in total. The molecule has 2 unspecified atom stereocenters. The number of aliphatic hydroxyl groups excluding tert-OH is 2. The van der Waals surface area contributed by atoms with Gasteiger partial charge in [-0.25, -0.2) is 4.79 Å². The van der Waals surface area contributed by atoms with E-state index in [0.717, 1.165) is 22.3 Å². The number of aliphatic hydroxyl groups is 2. The van der Waals surface area contributed by atoms with Crippen LogP contribution in [0.3, 0.4) is 0 Å². The van der Waals surface area contributed by atoms with E-state index < -0.39 is 23.2 Å². The van der Waals surface area contributed by atoms with Crippen molar-refractivity contribution in [2.75, 3.05) is 13.2 Å². The Morgan fingerprint density at radius 1 is 1.00 bits per heavy atom.